The molecule has 3 rings (SSSR count). The van der Waals surface area contributed by atoms with Crippen molar-refractivity contribution in [2.75, 3.05) is 27.4 Å². The fourth-order valence-electron chi connectivity index (χ4n) is 3.51. The maximum absolute atomic E-state index is 12.9. The molecule has 2 aromatic carbocycles. The third-order valence-corrected chi connectivity index (χ3v) is 5.74. The van der Waals surface area contributed by atoms with Crippen molar-refractivity contribution < 1.29 is 29.3 Å². The van der Waals surface area contributed by atoms with Gasteiger partial charge in [-0.05, 0) is 42.3 Å². The summed E-state index contributed by atoms with van der Waals surface area (Å²) in [7, 11) is 2.95. The number of hydrogen-bond acceptors (Lipinski definition) is 6. The predicted molar refractivity (Wildman–Crippen MR) is 117 cm³/mol. The molecule has 0 aromatic heterocycles. The Kier molecular flexibility index (Phi) is 7.10. The number of ketones is 1. The zero-order chi connectivity index (χ0) is 22.7. The molecule has 1 unspecified atom stereocenters. The molecule has 2 N–H and O–H groups in total. The number of hydrogen-bond donors (Lipinski definition) is 2. The number of amides is 1. The van der Waals surface area contributed by atoms with Crippen LogP contribution in [0.3, 0.4) is 0 Å². The van der Waals surface area contributed by atoms with Gasteiger partial charge in [0, 0.05) is 25.8 Å². The molecule has 1 saturated heterocycles. The van der Waals surface area contributed by atoms with Crippen LogP contribution in [0.4, 0.5) is 0 Å². The van der Waals surface area contributed by atoms with Crippen LogP contribution in [0.1, 0.15) is 23.6 Å². The second-order valence-corrected chi connectivity index (χ2v) is 7.71. The number of nitrogens with zero attached hydrogens (tertiary/aromatic N) is 1. The van der Waals surface area contributed by atoms with E-state index < -0.39 is 17.7 Å². The Hall–Kier alpha value is -2.74. The fraction of sp³-hybridized carbons (Fsp3) is 0.273. The summed E-state index contributed by atoms with van der Waals surface area (Å²) in [5.74, 6) is -1.88. The first-order valence-corrected chi connectivity index (χ1v) is 10.2. The Morgan fingerprint density at radius 2 is 1.84 bits per heavy atom. The van der Waals surface area contributed by atoms with Crippen molar-refractivity contribution in [2.45, 2.75) is 12.5 Å². The zero-order valence-corrected chi connectivity index (χ0v) is 18.4. The summed E-state index contributed by atoms with van der Waals surface area (Å²) in [5.41, 5.74) is 0.578. The zero-order valence-electron chi connectivity index (χ0n) is 16.9. The van der Waals surface area contributed by atoms with E-state index in [9.17, 15) is 19.8 Å². The molecular weight excluding hydrogens is 445 g/mol. The molecule has 31 heavy (non-hydrogen) atoms. The topological polar surface area (TPSA) is 96.3 Å². The number of phenols is 1. The molecule has 0 spiro atoms. The molecule has 0 saturated carbocycles. The molecule has 0 bridgehead atoms. The SMILES string of the molecule is COCCCN1C(=O)C(=O)/C(=C(\O)c2ccc(Cl)c(Cl)c2)C1c1ccc(OC)c(O)c1. The number of aromatic hydroxyl groups is 1. The summed E-state index contributed by atoms with van der Waals surface area (Å²) in [6.07, 6.45) is 0.481. The van der Waals surface area contributed by atoms with E-state index in [-0.39, 0.29) is 45.0 Å². The minimum Gasteiger partial charge on any atom is -0.507 e. The maximum atomic E-state index is 12.9. The van der Waals surface area contributed by atoms with E-state index in [4.69, 9.17) is 32.7 Å². The predicted octanol–water partition coefficient (Wildman–Crippen LogP) is 4.17. The Balaban J connectivity index is 2.16. The van der Waals surface area contributed by atoms with Crippen molar-refractivity contribution in [1.82, 2.24) is 4.90 Å². The molecule has 0 radical (unpaired) electrons. The van der Waals surface area contributed by atoms with Crippen LogP contribution in [0.15, 0.2) is 42.0 Å². The lowest BCUT2D eigenvalue weighted by molar-refractivity contribution is -0.140. The Morgan fingerprint density at radius 3 is 2.45 bits per heavy atom. The number of Topliss-reactive ketones (excluding diaryl/α,β-unsaturated/α-hetero) is 1. The van der Waals surface area contributed by atoms with E-state index >= 15 is 0 Å². The first-order chi connectivity index (χ1) is 14.8. The van der Waals surface area contributed by atoms with Crippen molar-refractivity contribution in [3.05, 3.63) is 63.1 Å². The third kappa shape index (κ3) is 4.49. The molecule has 1 atom stereocenters. The largest absolute Gasteiger partial charge is 0.507 e. The highest BCUT2D eigenvalue weighted by Crippen LogP contribution is 2.42. The van der Waals surface area contributed by atoms with Gasteiger partial charge in [0.05, 0.1) is 28.8 Å². The number of ether oxygens (including phenoxy) is 2. The first kappa shape index (κ1) is 22.9. The van der Waals surface area contributed by atoms with Gasteiger partial charge >= 0.3 is 0 Å². The number of halogens is 2. The number of carbonyl (C=O) groups excluding carboxylic acids is 2. The van der Waals surface area contributed by atoms with Gasteiger partial charge < -0.3 is 24.6 Å². The molecule has 164 valence electrons. The molecular formula is C22H21Cl2NO6. The highest BCUT2D eigenvalue weighted by atomic mass is 35.5. The van der Waals surface area contributed by atoms with Crippen molar-refractivity contribution in [1.29, 1.82) is 0 Å². The summed E-state index contributed by atoms with van der Waals surface area (Å²) >= 11 is 12.0. The second kappa shape index (κ2) is 9.60. The summed E-state index contributed by atoms with van der Waals surface area (Å²) in [4.78, 5) is 27.1. The molecule has 1 amide bonds. The maximum Gasteiger partial charge on any atom is 0.295 e. The van der Waals surface area contributed by atoms with Gasteiger partial charge in [0.2, 0.25) is 0 Å². The van der Waals surface area contributed by atoms with E-state index in [0.29, 0.717) is 18.6 Å². The number of aliphatic hydroxyl groups is 1. The van der Waals surface area contributed by atoms with Crippen LogP contribution in [0.5, 0.6) is 11.5 Å². The van der Waals surface area contributed by atoms with Gasteiger partial charge in [-0.1, -0.05) is 29.3 Å². The lowest BCUT2D eigenvalue weighted by Gasteiger charge is -2.25. The molecule has 2 aromatic rings. The molecule has 1 heterocycles. The molecule has 1 fully saturated rings. The van der Waals surface area contributed by atoms with Crippen LogP contribution in [0.2, 0.25) is 10.0 Å². The van der Waals surface area contributed by atoms with Crippen LogP contribution in [-0.4, -0.2) is 54.2 Å². The number of rotatable bonds is 7. The number of benzene rings is 2. The lowest BCUT2D eigenvalue weighted by atomic mass is 9.95. The van der Waals surface area contributed by atoms with E-state index in [1.165, 1.54) is 49.5 Å². The van der Waals surface area contributed by atoms with Crippen LogP contribution in [-0.2, 0) is 14.3 Å². The number of phenolic OH excluding ortho intramolecular Hbond substituents is 1. The summed E-state index contributed by atoms with van der Waals surface area (Å²) in [6.45, 7) is 0.602. The second-order valence-electron chi connectivity index (χ2n) is 6.90. The van der Waals surface area contributed by atoms with Crippen molar-refractivity contribution in [3.8, 4) is 11.5 Å². The van der Waals surface area contributed by atoms with Crippen LogP contribution in [0, 0.1) is 0 Å². The standard InChI is InChI=1S/C22H21Cl2NO6/c1-30-9-3-8-25-19(12-5-7-17(31-2)16(26)11-12)18(21(28)22(25)29)20(27)13-4-6-14(23)15(24)10-13/h4-7,10-11,19,26-27H,3,8-9H2,1-2H3/b20-18-. The summed E-state index contributed by atoms with van der Waals surface area (Å²) in [6, 6.07) is 8.05. The number of aliphatic hydroxyl groups excluding tert-OH is 1. The third-order valence-electron chi connectivity index (χ3n) is 5.00. The van der Waals surface area contributed by atoms with Gasteiger partial charge in [-0.15, -0.1) is 0 Å². The summed E-state index contributed by atoms with van der Waals surface area (Å²) < 4.78 is 10.1. The Labute approximate surface area is 189 Å². The average Bonchev–Trinajstić information content (AvgIpc) is 3.00. The molecule has 0 aliphatic carbocycles. The average molecular weight is 466 g/mol. The molecule has 7 nitrogen and oxygen atoms in total. The number of likely N-dealkylation sites (tertiary alicyclic amines) is 1. The van der Waals surface area contributed by atoms with Crippen LogP contribution in [0.25, 0.3) is 5.76 Å². The van der Waals surface area contributed by atoms with Gasteiger partial charge in [0.15, 0.2) is 11.5 Å². The van der Waals surface area contributed by atoms with E-state index in [1.807, 2.05) is 0 Å². The normalized spacial score (nSPS) is 17.9. The Bertz CT molecular complexity index is 1050. The summed E-state index contributed by atoms with van der Waals surface area (Å²) in [5, 5.41) is 21.7. The fourth-order valence-corrected chi connectivity index (χ4v) is 3.81. The smallest absolute Gasteiger partial charge is 0.295 e. The van der Waals surface area contributed by atoms with Crippen molar-refractivity contribution in [2.24, 2.45) is 0 Å². The highest BCUT2D eigenvalue weighted by molar-refractivity contribution is 6.46. The number of methoxy groups -OCH3 is 2. The van der Waals surface area contributed by atoms with Gasteiger partial charge in [-0.2, -0.15) is 0 Å². The monoisotopic (exact) mass is 465 g/mol. The van der Waals surface area contributed by atoms with E-state index in [1.54, 1.807) is 6.07 Å². The minimum absolute atomic E-state index is 0.106. The van der Waals surface area contributed by atoms with Gasteiger partial charge in [0.1, 0.15) is 5.76 Å². The van der Waals surface area contributed by atoms with Crippen molar-refractivity contribution in [3.63, 3.8) is 0 Å². The van der Waals surface area contributed by atoms with Crippen LogP contribution >= 0.6 is 23.2 Å². The van der Waals surface area contributed by atoms with E-state index in [0.717, 1.165) is 0 Å². The lowest BCUT2D eigenvalue weighted by Crippen LogP contribution is -2.31. The molecule has 1 aliphatic rings. The molecule has 1 aliphatic heterocycles. The van der Waals surface area contributed by atoms with Gasteiger partial charge in [-0.3, -0.25) is 9.59 Å². The highest BCUT2D eigenvalue weighted by Gasteiger charge is 2.46. The Morgan fingerprint density at radius 1 is 1.10 bits per heavy atom. The number of carbonyl (C=O) groups is 2. The van der Waals surface area contributed by atoms with Crippen LogP contribution < -0.4 is 4.74 Å². The quantitative estimate of drug-likeness (QED) is 0.275. The first-order valence-electron chi connectivity index (χ1n) is 9.39. The van der Waals surface area contributed by atoms with Gasteiger partial charge in [-0.25, -0.2) is 0 Å². The van der Waals surface area contributed by atoms with E-state index in [2.05, 4.69) is 0 Å². The van der Waals surface area contributed by atoms with Crippen molar-refractivity contribution >= 4 is 40.7 Å². The minimum atomic E-state index is -0.914. The molecule has 9 heteroatoms. The van der Waals surface area contributed by atoms with Gasteiger partial charge in [0.25, 0.3) is 11.7 Å².